The number of nitro groups is 1. The predicted octanol–water partition coefficient (Wildman–Crippen LogP) is 3.12. The van der Waals surface area contributed by atoms with Crippen LogP contribution in [0.5, 0.6) is 0 Å². The van der Waals surface area contributed by atoms with Crippen LogP contribution < -0.4 is 5.32 Å². The highest BCUT2D eigenvalue weighted by Crippen LogP contribution is 2.35. The molecule has 0 unspecified atom stereocenters. The molecule has 1 aromatic carbocycles. The van der Waals surface area contributed by atoms with Gasteiger partial charge in [-0.25, -0.2) is 0 Å². The molecule has 2 rings (SSSR count). The Bertz CT molecular complexity index is 526. The number of hydrogen-bond acceptors (Lipinski definition) is 4. The fraction of sp³-hybridized carbons (Fsp3) is 0.538. The molecule has 0 aliphatic carbocycles. The van der Waals surface area contributed by atoms with Crippen LogP contribution in [0.15, 0.2) is 18.2 Å². The first kappa shape index (κ1) is 15.6. The van der Waals surface area contributed by atoms with Crippen molar-refractivity contribution in [1.29, 1.82) is 0 Å². The summed E-state index contributed by atoms with van der Waals surface area (Å²) in [6.45, 7) is 1.71. The zero-order chi connectivity index (χ0) is 15.6. The summed E-state index contributed by atoms with van der Waals surface area (Å²) in [6, 6.07) is 2.62. The second kappa shape index (κ2) is 5.88. The molecule has 1 N–H and O–H groups in total. The Morgan fingerprint density at radius 2 is 1.95 bits per heavy atom. The quantitative estimate of drug-likeness (QED) is 0.688. The van der Waals surface area contributed by atoms with Gasteiger partial charge in [-0.1, -0.05) is 0 Å². The molecular weight excluding hydrogens is 287 g/mol. The number of rotatable bonds is 3. The first-order valence-corrected chi connectivity index (χ1v) is 6.58. The van der Waals surface area contributed by atoms with Gasteiger partial charge in [0.05, 0.1) is 10.5 Å². The molecule has 0 amide bonds. The number of benzene rings is 1. The van der Waals surface area contributed by atoms with Gasteiger partial charge in [0.1, 0.15) is 5.69 Å². The van der Waals surface area contributed by atoms with E-state index in [4.69, 9.17) is 0 Å². The van der Waals surface area contributed by atoms with Gasteiger partial charge in [-0.3, -0.25) is 10.1 Å². The molecule has 116 valence electrons. The maximum Gasteiger partial charge on any atom is 0.416 e. The van der Waals surface area contributed by atoms with E-state index in [1.165, 1.54) is 0 Å². The van der Waals surface area contributed by atoms with Gasteiger partial charge < -0.3 is 10.2 Å². The van der Waals surface area contributed by atoms with Crippen molar-refractivity contribution in [1.82, 2.24) is 4.90 Å². The molecular formula is C13H16F3N3O2. The van der Waals surface area contributed by atoms with Crippen LogP contribution in [-0.4, -0.2) is 36.0 Å². The summed E-state index contributed by atoms with van der Waals surface area (Å²) in [6.07, 6.45) is -2.99. The standard InChI is InChI=1S/C13H16F3N3O2/c1-18-6-4-10(5-7-18)17-11-3-2-9(13(14,15)16)8-12(11)19(20)21/h2-3,8,10,17H,4-7H2,1H3. The van der Waals surface area contributed by atoms with E-state index in [-0.39, 0.29) is 11.7 Å². The van der Waals surface area contributed by atoms with E-state index in [2.05, 4.69) is 10.2 Å². The number of nitrogens with one attached hydrogen (secondary N) is 1. The van der Waals surface area contributed by atoms with E-state index in [1.807, 2.05) is 7.05 Å². The van der Waals surface area contributed by atoms with Crippen LogP contribution in [-0.2, 0) is 6.18 Å². The van der Waals surface area contributed by atoms with Gasteiger partial charge in [0.25, 0.3) is 5.69 Å². The van der Waals surface area contributed by atoms with Crippen molar-refractivity contribution < 1.29 is 18.1 Å². The average Bonchev–Trinajstić information content (AvgIpc) is 2.40. The molecule has 0 saturated carbocycles. The van der Waals surface area contributed by atoms with Crippen molar-refractivity contribution in [3.63, 3.8) is 0 Å². The van der Waals surface area contributed by atoms with Crippen molar-refractivity contribution in [2.24, 2.45) is 0 Å². The maximum atomic E-state index is 12.6. The van der Waals surface area contributed by atoms with Crippen molar-refractivity contribution in [2.45, 2.75) is 25.1 Å². The highest BCUT2D eigenvalue weighted by Gasteiger charge is 2.33. The molecule has 0 aromatic heterocycles. The predicted molar refractivity (Wildman–Crippen MR) is 72.2 cm³/mol. The number of nitro benzene ring substituents is 1. The molecule has 0 bridgehead atoms. The molecule has 0 radical (unpaired) electrons. The van der Waals surface area contributed by atoms with E-state index in [1.54, 1.807) is 0 Å². The van der Waals surface area contributed by atoms with Crippen LogP contribution in [0.4, 0.5) is 24.5 Å². The Kier molecular flexibility index (Phi) is 4.36. The highest BCUT2D eigenvalue weighted by atomic mass is 19.4. The van der Waals surface area contributed by atoms with Crippen molar-refractivity contribution in [2.75, 3.05) is 25.5 Å². The van der Waals surface area contributed by atoms with Crippen LogP contribution in [0.1, 0.15) is 18.4 Å². The van der Waals surface area contributed by atoms with E-state index in [0.717, 1.165) is 38.1 Å². The number of likely N-dealkylation sites (tertiary alicyclic amines) is 1. The third-order valence-corrected chi connectivity index (χ3v) is 3.60. The second-order valence-electron chi connectivity index (χ2n) is 5.21. The lowest BCUT2D eigenvalue weighted by atomic mass is 10.0. The Morgan fingerprint density at radius 3 is 2.48 bits per heavy atom. The Hall–Kier alpha value is -1.83. The lowest BCUT2D eigenvalue weighted by molar-refractivity contribution is -0.384. The number of halogens is 3. The molecule has 0 spiro atoms. The number of nitrogens with zero attached hydrogens (tertiary/aromatic N) is 2. The van der Waals surface area contributed by atoms with Gasteiger partial charge in [0, 0.05) is 12.1 Å². The van der Waals surface area contributed by atoms with E-state index in [0.29, 0.717) is 6.07 Å². The van der Waals surface area contributed by atoms with E-state index in [9.17, 15) is 23.3 Å². The molecule has 1 aliphatic heterocycles. The normalized spacial score (nSPS) is 17.7. The fourth-order valence-electron chi connectivity index (χ4n) is 2.35. The molecule has 1 heterocycles. The molecule has 0 atom stereocenters. The third kappa shape index (κ3) is 3.84. The van der Waals surface area contributed by atoms with E-state index < -0.39 is 22.4 Å². The maximum absolute atomic E-state index is 12.6. The number of alkyl halides is 3. The summed E-state index contributed by atoms with van der Waals surface area (Å²) in [5.74, 6) is 0. The molecule has 5 nitrogen and oxygen atoms in total. The average molecular weight is 303 g/mol. The highest BCUT2D eigenvalue weighted by molar-refractivity contribution is 5.63. The third-order valence-electron chi connectivity index (χ3n) is 3.60. The monoisotopic (exact) mass is 303 g/mol. The molecule has 1 fully saturated rings. The number of hydrogen-bond donors (Lipinski definition) is 1. The van der Waals surface area contributed by atoms with Gasteiger partial charge in [0.2, 0.25) is 0 Å². The van der Waals surface area contributed by atoms with Crippen molar-refractivity contribution in [3.05, 3.63) is 33.9 Å². The summed E-state index contributed by atoms with van der Waals surface area (Å²) >= 11 is 0. The van der Waals surface area contributed by atoms with Crippen molar-refractivity contribution >= 4 is 11.4 Å². The summed E-state index contributed by atoms with van der Waals surface area (Å²) in [4.78, 5) is 12.3. The van der Waals surface area contributed by atoms with Crippen LogP contribution in [0.3, 0.4) is 0 Å². The van der Waals surface area contributed by atoms with E-state index >= 15 is 0 Å². The molecule has 1 aromatic rings. The van der Waals surface area contributed by atoms with Gasteiger partial charge >= 0.3 is 6.18 Å². The first-order chi connectivity index (χ1) is 9.77. The Labute approximate surface area is 119 Å². The van der Waals surface area contributed by atoms with Gasteiger partial charge in [-0.15, -0.1) is 0 Å². The second-order valence-corrected chi connectivity index (χ2v) is 5.21. The van der Waals surface area contributed by atoms with Crippen molar-refractivity contribution in [3.8, 4) is 0 Å². The molecule has 8 heteroatoms. The largest absolute Gasteiger partial charge is 0.416 e. The molecule has 1 saturated heterocycles. The number of anilines is 1. The van der Waals surface area contributed by atoms with Gasteiger partial charge in [-0.05, 0) is 45.1 Å². The summed E-state index contributed by atoms with van der Waals surface area (Å²) in [5.41, 5.74) is -1.41. The smallest absolute Gasteiger partial charge is 0.377 e. The van der Waals surface area contributed by atoms with Gasteiger partial charge in [-0.2, -0.15) is 13.2 Å². The lowest BCUT2D eigenvalue weighted by Crippen LogP contribution is -2.36. The number of piperidine rings is 1. The summed E-state index contributed by atoms with van der Waals surface area (Å²) < 4.78 is 37.8. The lowest BCUT2D eigenvalue weighted by Gasteiger charge is -2.30. The fourth-order valence-corrected chi connectivity index (χ4v) is 2.35. The topological polar surface area (TPSA) is 58.4 Å². The SMILES string of the molecule is CN1CCC(Nc2ccc(C(F)(F)F)cc2[N+](=O)[O-])CC1. The summed E-state index contributed by atoms with van der Waals surface area (Å²) in [7, 11) is 1.98. The minimum Gasteiger partial charge on any atom is -0.377 e. The minimum absolute atomic E-state index is 0.0386. The Morgan fingerprint density at radius 1 is 1.33 bits per heavy atom. The Balaban J connectivity index is 2.21. The van der Waals surface area contributed by atoms with Crippen LogP contribution >= 0.6 is 0 Å². The molecule has 1 aliphatic rings. The van der Waals surface area contributed by atoms with Crippen LogP contribution in [0, 0.1) is 10.1 Å². The first-order valence-electron chi connectivity index (χ1n) is 6.58. The van der Waals surface area contributed by atoms with Crippen LogP contribution in [0.25, 0.3) is 0 Å². The summed E-state index contributed by atoms with van der Waals surface area (Å²) in [5, 5.41) is 14.0. The minimum atomic E-state index is -4.59. The zero-order valence-corrected chi connectivity index (χ0v) is 11.5. The van der Waals surface area contributed by atoms with Crippen LogP contribution in [0.2, 0.25) is 0 Å². The van der Waals surface area contributed by atoms with Gasteiger partial charge in [0.15, 0.2) is 0 Å². The molecule has 21 heavy (non-hydrogen) atoms. The zero-order valence-electron chi connectivity index (χ0n) is 11.5.